The number of hydrogen-bond donors (Lipinski definition) is 0. The molecule has 0 unspecified atom stereocenters. The molecule has 0 aliphatic rings. The maximum absolute atomic E-state index is 5.52. The third-order valence-corrected chi connectivity index (χ3v) is 4.09. The van der Waals surface area contributed by atoms with E-state index in [9.17, 15) is 0 Å². The van der Waals surface area contributed by atoms with Crippen LogP contribution in [0.1, 0.15) is 10.4 Å². The molecule has 5 heteroatoms. The average molecular weight is 307 g/mol. The molecule has 0 saturated heterocycles. The third kappa shape index (κ3) is 3.68. The number of nitrogens with zero attached hydrogens (tertiary/aromatic N) is 1. The summed E-state index contributed by atoms with van der Waals surface area (Å²) in [6.07, 6.45) is 0. The largest absolute Gasteiger partial charge is 0.493 e. The molecule has 4 nitrogen and oxygen atoms in total. The SMILES string of the molecule is COc1ccc(CN(C)Cc2cccs2)c(OC)c1OC. The van der Waals surface area contributed by atoms with Crippen LogP contribution in [0.4, 0.5) is 0 Å². The summed E-state index contributed by atoms with van der Waals surface area (Å²) in [7, 11) is 7.00. The summed E-state index contributed by atoms with van der Waals surface area (Å²) in [6, 6.07) is 8.15. The molecule has 0 saturated carbocycles. The fourth-order valence-corrected chi connectivity index (χ4v) is 3.09. The molecule has 1 aromatic heterocycles. The van der Waals surface area contributed by atoms with Crippen LogP contribution in [0.3, 0.4) is 0 Å². The molecule has 0 bridgehead atoms. The van der Waals surface area contributed by atoms with Crippen LogP contribution in [0.2, 0.25) is 0 Å². The molecule has 0 aliphatic heterocycles. The highest BCUT2D eigenvalue weighted by Gasteiger charge is 2.16. The van der Waals surface area contributed by atoms with E-state index in [1.807, 2.05) is 12.1 Å². The molecular weight excluding hydrogens is 286 g/mol. The van der Waals surface area contributed by atoms with Crippen molar-refractivity contribution >= 4 is 11.3 Å². The lowest BCUT2D eigenvalue weighted by Crippen LogP contribution is -2.17. The Morgan fingerprint density at radius 1 is 0.952 bits per heavy atom. The van der Waals surface area contributed by atoms with Crippen molar-refractivity contribution in [1.29, 1.82) is 0 Å². The smallest absolute Gasteiger partial charge is 0.203 e. The van der Waals surface area contributed by atoms with Gasteiger partial charge in [-0.1, -0.05) is 12.1 Å². The van der Waals surface area contributed by atoms with Gasteiger partial charge in [-0.3, -0.25) is 4.90 Å². The summed E-state index contributed by atoms with van der Waals surface area (Å²) in [5, 5.41) is 2.10. The zero-order valence-corrected chi connectivity index (χ0v) is 13.7. The second-order valence-corrected chi connectivity index (χ2v) is 5.78. The van der Waals surface area contributed by atoms with Crippen molar-refractivity contribution in [2.24, 2.45) is 0 Å². The van der Waals surface area contributed by atoms with Crippen molar-refractivity contribution in [2.45, 2.75) is 13.1 Å². The molecule has 2 aromatic rings. The number of rotatable bonds is 7. The molecule has 0 spiro atoms. The van der Waals surface area contributed by atoms with Gasteiger partial charge in [0.1, 0.15) is 0 Å². The van der Waals surface area contributed by atoms with Crippen molar-refractivity contribution < 1.29 is 14.2 Å². The molecule has 0 amide bonds. The second kappa shape index (κ2) is 7.33. The number of hydrogen-bond acceptors (Lipinski definition) is 5. The minimum absolute atomic E-state index is 0.641. The topological polar surface area (TPSA) is 30.9 Å². The third-order valence-electron chi connectivity index (χ3n) is 3.23. The van der Waals surface area contributed by atoms with Crippen molar-refractivity contribution in [3.8, 4) is 17.2 Å². The van der Waals surface area contributed by atoms with Gasteiger partial charge >= 0.3 is 0 Å². The molecule has 1 heterocycles. The van der Waals surface area contributed by atoms with E-state index in [1.165, 1.54) is 4.88 Å². The minimum atomic E-state index is 0.641. The molecule has 2 rings (SSSR count). The van der Waals surface area contributed by atoms with Crippen molar-refractivity contribution in [3.05, 3.63) is 40.1 Å². The van der Waals surface area contributed by atoms with Gasteiger partial charge in [-0.2, -0.15) is 0 Å². The summed E-state index contributed by atoms with van der Waals surface area (Å²) in [5.74, 6) is 2.05. The van der Waals surface area contributed by atoms with Crippen LogP contribution in [0, 0.1) is 0 Å². The Balaban J connectivity index is 2.19. The van der Waals surface area contributed by atoms with Crippen LogP contribution in [-0.4, -0.2) is 33.3 Å². The Labute approximate surface area is 129 Å². The summed E-state index contributed by atoms with van der Waals surface area (Å²) in [4.78, 5) is 3.59. The van der Waals surface area contributed by atoms with Crippen molar-refractivity contribution in [1.82, 2.24) is 4.90 Å². The normalized spacial score (nSPS) is 10.7. The number of thiophene rings is 1. The molecule has 21 heavy (non-hydrogen) atoms. The van der Waals surface area contributed by atoms with E-state index in [2.05, 4.69) is 29.5 Å². The Morgan fingerprint density at radius 2 is 1.71 bits per heavy atom. The maximum Gasteiger partial charge on any atom is 0.203 e. The molecule has 0 atom stereocenters. The van der Waals surface area contributed by atoms with E-state index in [0.29, 0.717) is 11.5 Å². The fraction of sp³-hybridized carbons (Fsp3) is 0.375. The van der Waals surface area contributed by atoms with Gasteiger partial charge in [0.05, 0.1) is 21.3 Å². The lowest BCUT2D eigenvalue weighted by molar-refractivity contribution is 0.298. The summed E-state index contributed by atoms with van der Waals surface area (Å²) in [6.45, 7) is 1.69. The first-order chi connectivity index (χ1) is 10.2. The Kier molecular flexibility index (Phi) is 5.47. The van der Waals surface area contributed by atoms with Crippen LogP contribution in [-0.2, 0) is 13.1 Å². The van der Waals surface area contributed by atoms with Crippen LogP contribution in [0.25, 0.3) is 0 Å². The molecule has 0 radical (unpaired) electrons. The van der Waals surface area contributed by atoms with Crippen LogP contribution < -0.4 is 14.2 Å². The number of ether oxygens (including phenoxy) is 3. The predicted molar refractivity (Wildman–Crippen MR) is 85.6 cm³/mol. The molecular formula is C16H21NO3S. The Morgan fingerprint density at radius 3 is 2.29 bits per heavy atom. The molecule has 0 aliphatic carbocycles. The first-order valence-corrected chi connectivity index (χ1v) is 7.56. The molecule has 1 aromatic carbocycles. The fourth-order valence-electron chi connectivity index (χ4n) is 2.30. The van der Waals surface area contributed by atoms with Crippen LogP contribution in [0.15, 0.2) is 29.6 Å². The maximum atomic E-state index is 5.52. The monoisotopic (exact) mass is 307 g/mol. The molecule has 0 N–H and O–H groups in total. The van der Waals surface area contributed by atoms with Gasteiger partial charge in [-0.15, -0.1) is 11.3 Å². The number of benzene rings is 1. The van der Waals surface area contributed by atoms with E-state index >= 15 is 0 Å². The zero-order chi connectivity index (χ0) is 15.2. The van der Waals surface area contributed by atoms with E-state index in [0.717, 1.165) is 24.4 Å². The minimum Gasteiger partial charge on any atom is -0.493 e. The molecule has 0 fully saturated rings. The molecule has 114 valence electrons. The highest BCUT2D eigenvalue weighted by Crippen LogP contribution is 2.40. The first kappa shape index (κ1) is 15.7. The van der Waals surface area contributed by atoms with Gasteiger partial charge in [-0.25, -0.2) is 0 Å². The van der Waals surface area contributed by atoms with Crippen molar-refractivity contribution in [2.75, 3.05) is 28.4 Å². The second-order valence-electron chi connectivity index (χ2n) is 4.75. The quantitative estimate of drug-likeness (QED) is 0.784. The van der Waals surface area contributed by atoms with Gasteiger partial charge in [-0.05, 0) is 24.6 Å². The summed E-state index contributed by atoms with van der Waals surface area (Å²) in [5.41, 5.74) is 1.08. The van der Waals surface area contributed by atoms with E-state index in [4.69, 9.17) is 14.2 Å². The summed E-state index contributed by atoms with van der Waals surface area (Å²) < 4.78 is 16.2. The highest BCUT2D eigenvalue weighted by molar-refractivity contribution is 7.09. The van der Waals surface area contributed by atoms with Crippen molar-refractivity contribution in [3.63, 3.8) is 0 Å². The van der Waals surface area contributed by atoms with Gasteiger partial charge in [0.2, 0.25) is 5.75 Å². The lowest BCUT2D eigenvalue weighted by Gasteiger charge is -2.20. The number of methoxy groups -OCH3 is 3. The zero-order valence-electron chi connectivity index (χ0n) is 12.9. The van der Waals surface area contributed by atoms with Gasteiger partial charge in [0.15, 0.2) is 11.5 Å². The van der Waals surface area contributed by atoms with E-state index in [-0.39, 0.29) is 0 Å². The average Bonchev–Trinajstić information content (AvgIpc) is 2.99. The standard InChI is InChI=1S/C16H21NO3S/c1-17(11-13-6-5-9-21-13)10-12-7-8-14(18-2)16(20-4)15(12)19-3/h5-9H,10-11H2,1-4H3. The van der Waals surface area contributed by atoms with Gasteiger partial charge in [0, 0.05) is 23.5 Å². The van der Waals surface area contributed by atoms with Crippen LogP contribution >= 0.6 is 11.3 Å². The predicted octanol–water partition coefficient (Wildman–Crippen LogP) is 3.41. The Bertz CT molecular complexity index is 569. The summed E-state index contributed by atoms with van der Waals surface area (Å²) >= 11 is 1.77. The van der Waals surface area contributed by atoms with Gasteiger partial charge < -0.3 is 14.2 Å². The van der Waals surface area contributed by atoms with E-state index < -0.39 is 0 Å². The Hall–Kier alpha value is -1.72. The van der Waals surface area contributed by atoms with E-state index in [1.54, 1.807) is 32.7 Å². The first-order valence-electron chi connectivity index (χ1n) is 6.68. The lowest BCUT2D eigenvalue weighted by atomic mass is 10.1. The van der Waals surface area contributed by atoms with Gasteiger partial charge in [0.25, 0.3) is 0 Å². The van der Waals surface area contributed by atoms with Crippen LogP contribution in [0.5, 0.6) is 17.2 Å². The highest BCUT2D eigenvalue weighted by atomic mass is 32.1.